The third-order valence-corrected chi connectivity index (χ3v) is 2.85. The monoisotopic (exact) mass is 280 g/mol. The fourth-order valence-corrected chi connectivity index (χ4v) is 1.80. The maximum Gasteiger partial charge on any atom is 0.251 e. The van der Waals surface area contributed by atoms with Gasteiger partial charge in [-0.2, -0.15) is 0 Å². The third kappa shape index (κ3) is 4.75. The van der Waals surface area contributed by atoms with E-state index in [0.29, 0.717) is 18.5 Å². The summed E-state index contributed by atoms with van der Waals surface area (Å²) in [6, 6.07) is 12.7. The molecule has 4 nitrogen and oxygen atoms in total. The van der Waals surface area contributed by atoms with Crippen LogP contribution in [0.1, 0.15) is 21.6 Å². The third-order valence-electron chi connectivity index (χ3n) is 2.85. The molecule has 1 aromatic heterocycles. The van der Waals surface area contributed by atoms with Gasteiger partial charge in [-0.05, 0) is 36.4 Å². The number of nitrogens with zero attached hydrogens (tertiary/aromatic N) is 1. The highest BCUT2D eigenvalue weighted by atomic mass is 16.2. The van der Waals surface area contributed by atoms with Crippen molar-refractivity contribution in [2.45, 2.75) is 6.42 Å². The van der Waals surface area contributed by atoms with Gasteiger partial charge >= 0.3 is 0 Å². The lowest BCUT2D eigenvalue weighted by Gasteiger charge is -2.05. The Labute approximate surface area is 123 Å². The van der Waals surface area contributed by atoms with Crippen LogP contribution in [0.5, 0.6) is 0 Å². The van der Waals surface area contributed by atoms with E-state index in [1.807, 2.05) is 18.2 Å². The number of carbonyl (C=O) groups excluding carboxylic acids is 1. The summed E-state index contributed by atoms with van der Waals surface area (Å²) < 4.78 is 0. The van der Waals surface area contributed by atoms with Crippen LogP contribution in [-0.4, -0.2) is 29.1 Å². The highest BCUT2D eigenvalue weighted by Crippen LogP contribution is 2.03. The summed E-state index contributed by atoms with van der Waals surface area (Å²) in [7, 11) is 0. The van der Waals surface area contributed by atoms with Crippen molar-refractivity contribution >= 4 is 5.91 Å². The molecule has 0 saturated heterocycles. The van der Waals surface area contributed by atoms with Crippen molar-refractivity contribution in [3.8, 4) is 11.8 Å². The molecule has 0 saturated carbocycles. The second-order valence-corrected chi connectivity index (χ2v) is 4.36. The minimum absolute atomic E-state index is 0.118. The van der Waals surface area contributed by atoms with Crippen molar-refractivity contribution in [1.29, 1.82) is 0 Å². The molecule has 0 aliphatic carbocycles. The molecule has 4 heteroatoms. The van der Waals surface area contributed by atoms with Crippen LogP contribution in [0.25, 0.3) is 0 Å². The number of rotatable bonds is 4. The van der Waals surface area contributed by atoms with Crippen molar-refractivity contribution in [2.75, 3.05) is 13.2 Å². The highest BCUT2D eigenvalue weighted by molar-refractivity contribution is 5.94. The average molecular weight is 280 g/mol. The van der Waals surface area contributed by atoms with Gasteiger partial charge in [-0.3, -0.25) is 9.78 Å². The molecular weight excluding hydrogens is 264 g/mol. The number of carbonyl (C=O) groups is 1. The van der Waals surface area contributed by atoms with E-state index in [-0.39, 0.29) is 12.5 Å². The number of benzene rings is 1. The van der Waals surface area contributed by atoms with Gasteiger partial charge in [-0.15, -0.1) is 0 Å². The molecule has 0 atom stereocenters. The summed E-state index contributed by atoms with van der Waals surface area (Å²) in [6.07, 6.45) is 2.44. The number of aliphatic hydroxyl groups is 1. The lowest BCUT2D eigenvalue weighted by atomic mass is 10.1. The number of hydrogen-bond acceptors (Lipinski definition) is 3. The molecule has 21 heavy (non-hydrogen) atoms. The Hall–Kier alpha value is -2.64. The number of pyridine rings is 1. The van der Waals surface area contributed by atoms with Gasteiger partial charge in [0.2, 0.25) is 0 Å². The van der Waals surface area contributed by atoms with Crippen LogP contribution < -0.4 is 5.32 Å². The Morgan fingerprint density at radius 1 is 1.19 bits per heavy atom. The fourth-order valence-electron chi connectivity index (χ4n) is 1.80. The molecule has 0 radical (unpaired) electrons. The van der Waals surface area contributed by atoms with Crippen molar-refractivity contribution in [1.82, 2.24) is 10.3 Å². The lowest BCUT2D eigenvalue weighted by molar-refractivity contribution is 0.0954. The van der Waals surface area contributed by atoms with E-state index in [1.165, 1.54) is 0 Å². The molecule has 2 rings (SSSR count). The minimum Gasteiger partial charge on any atom is -0.384 e. The zero-order valence-electron chi connectivity index (χ0n) is 11.5. The second kappa shape index (κ2) is 7.83. The van der Waals surface area contributed by atoms with Gasteiger partial charge in [0.15, 0.2) is 0 Å². The fraction of sp³-hybridized carbons (Fsp3) is 0.176. The molecule has 1 heterocycles. The Balaban J connectivity index is 1.85. The first-order valence-corrected chi connectivity index (χ1v) is 6.67. The number of aliphatic hydroxyl groups excluding tert-OH is 1. The molecule has 2 aromatic rings. The maximum atomic E-state index is 12.0. The molecule has 1 amide bonds. The van der Waals surface area contributed by atoms with E-state index in [1.54, 1.807) is 30.5 Å². The van der Waals surface area contributed by atoms with Gasteiger partial charge in [0.05, 0.1) is 0 Å². The molecule has 0 spiro atoms. The SMILES string of the molecule is O=C(NCCc1ccccn1)c1ccc(C#CCO)cc1. The van der Waals surface area contributed by atoms with Crippen LogP contribution in [0.2, 0.25) is 0 Å². The number of aromatic nitrogens is 1. The summed E-state index contributed by atoms with van der Waals surface area (Å²) in [6.45, 7) is 0.373. The van der Waals surface area contributed by atoms with Gasteiger partial charge in [-0.1, -0.05) is 17.9 Å². The second-order valence-electron chi connectivity index (χ2n) is 4.36. The van der Waals surface area contributed by atoms with Gasteiger partial charge in [0.25, 0.3) is 5.91 Å². The van der Waals surface area contributed by atoms with Crippen LogP contribution in [0.4, 0.5) is 0 Å². The van der Waals surface area contributed by atoms with Crippen LogP contribution >= 0.6 is 0 Å². The van der Waals surface area contributed by atoms with Crippen LogP contribution in [0.15, 0.2) is 48.7 Å². The molecule has 0 aliphatic rings. The van der Waals surface area contributed by atoms with Crippen LogP contribution in [0.3, 0.4) is 0 Å². The molecule has 0 bridgehead atoms. The van der Waals surface area contributed by atoms with Crippen molar-refractivity contribution < 1.29 is 9.90 Å². The minimum atomic E-state index is -0.171. The molecule has 1 aromatic carbocycles. The Kier molecular flexibility index (Phi) is 5.50. The lowest BCUT2D eigenvalue weighted by Crippen LogP contribution is -2.25. The molecule has 2 N–H and O–H groups in total. The zero-order valence-corrected chi connectivity index (χ0v) is 11.5. The molecule has 0 unspecified atom stereocenters. The first-order valence-electron chi connectivity index (χ1n) is 6.67. The predicted octanol–water partition coefficient (Wildman–Crippen LogP) is 1.40. The summed E-state index contributed by atoms with van der Waals surface area (Å²) >= 11 is 0. The highest BCUT2D eigenvalue weighted by Gasteiger charge is 2.04. The van der Waals surface area contributed by atoms with E-state index in [2.05, 4.69) is 22.1 Å². The average Bonchev–Trinajstić information content (AvgIpc) is 2.54. The van der Waals surface area contributed by atoms with Crippen LogP contribution in [-0.2, 0) is 6.42 Å². The number of nitrogens with one attached hydrogen (secondary N) is 1. The summed E-state index contributed by atoms with van der Waals surface area (Å²) in [5, 5.41) is 11.5. The Morgan fingerprint density at radius 3 is 2.67 bits per heavy atom. The maximum absolute atomic E-state index is 12.0. The smallest absolute Gasteiger partial charge is 0.251 e. The van der Waals surface area contributed by atoms with E-state index >= 15 is 0 Å². The largest absolute Gasteiger partial charge is 0.384 e. The molecule has 0 fully saturated rings. The van der Waals surface area contributed by atoms with Gasteiger partial charge in [0.1, 0.15) is 6.61 Å². The van der Waals surface area contributed by atoms with Crippen LogP contribution in [0, 0.1) is 11.8 Å². The normalized spacial score (nSPS) is 9.57. The molecule has 106 valence electrons. The number of hydrogen-bond donors (Lipinski definition) is 2. The Bertz CT molecular complexity index is 640. The van der Waals surface area contributed by atoms with E-state index in [9.17, 15) is 4.79 Å². The zero-order chi connectivity index (χ0) is 14.9. The van der Waals surface area contributed by atoms with Gasteiger partial charge in [-0.25, -0.2) is 0 Å². The summed E-state index contributed by atoms with van der Waals surface area (Å²) in [5.74, 6) is 5.23. The topological polar surface area (TPSA) is 62.2 Å². The summed E-state index contributed by atoms with van der Waals surface area (Å²) in [5.41, 5.74) is 2.31. The van der Waals surface area contributed by atoms with E-state index < -0.39 is 0 Å². The first kappa shape index (κ1) is 14.8. The quantitative estimate of drug-likeness (QED) is 0.832. The molecular formula is C17H16N2O2. The first-order chi connectivity index (χ1) is 10.3. The van der Waals surface area contributed by atoms with Crippen molar-refractivity contribution in [3.63, 3.8) is 0 Å². The van der Waals surface area contributed by atoms with Crippen molar-refractivity contribution in [2.24, 2.45) is 0 Å². The van der Waals surface area contributed by atoms with E-state index in [0.717, 1.165) is 11.3 Å². The number of amides is 1. The van der Waals surface area contributed by atoms with E-state index in [4.69, 9.17) is 5.11 Å². The van der Waals surface area contributed by atoms with Gasteiger partial charge < -0.3 is 10.4 Å². The van der Waals surface area contributed by atoms with Gasteiger partial charge in [0, 0.05) is 36.0 Å². The summed E-state index contributed by atoms with van der Waals surface area (Å²) in [4.78, 5) is 16.2. The predicted molar refractivity (Wildman–Crippen MR) is 80.7 cm³/mol. The standard InChI is InChI=1S/C17H16N2O2/c20-13-3-4-14-6-8-15(9-7-14)17(21)19-12-10-16-5-1-2-11-18-16/h1-2,5-9,11,20H,10,12-13H2,(H,19,21). The Morgan fingerprint density at radius 2 is 2.00 bits per heavy atom. The van der Waals surface area contributed by atoms with Crippen molar-refractivity contribution in [3.05, 3.63) is 65.5 Å². The molecule has 0 aliphatic heterocycles.